The van der Waals surface area contributed by atoms with Crippen LogP contribution < -0.4 is 10.1 Å². The molecule has 6 nitrogen and oxygen atoms in total. The average Bonchev–Trinajstić information content (AvgIpc) is 2.42. The van der Waals surface area contributed by atoms with Crippen LogP contribution in [0.1, 0.15) is 5.56 Å². The van der Waals surface area contributed by atoms with Crippen molar-refractivity contribution >= 4 is 42.0 Å². The van der Waals surface area contributed by atoms with Gasteiger partial charge in [-0.05, 0) is 24.6 Å². The molecule has 0 saturated heterocycles. The molecule has 0 aliphatic carbocycles. The van der Waals surface area contributed by atoms with E-state index in [0.717, 1.165) is 0 Å². The van der Waals surface area contributed by atoms with Crippen molar-refractivity contribution in [3.8, 4) is 5.75 Å². The number of phosphoric acid groups is 1. The highest BCUT2D eigenvalue weighted by molar-refractivity contribution is 7.47. The van der Waals surface area contributed by atoms with Gasteiger partial charge in [-0.25, -0.2) is 9.36 Å². The summed E-state index contributed by atoms with van der Waals surface area (Å²) in [7, 11) is -4.27. The number of rotatable bonds is 5. The zero-order valence-electron chi connectivity index (χ0n) is 10.8. The summed E-state index contributed by atoms with van der Waals surface area (Å²) >= 11 is 11.2. The topological polar surface area (TPSA) is 86.0 Å². The van der Waals surface area contributed by atoms with Crippen molar-refractivity contribution in [1.29, 1.82) is 0 Å². The van der Waals surface area contributed by atoms with Gasteiger partial charge in [0.2, 0.25) is 0 Å². The molecule has 2 aromatic rings. The minimum absolute atomic E-state index is 0.00514. The fourth-order valence-corrected chi connectivity index (χ4v) is 2.76. The third-order valence-electron chi connectivity index (χ3n) is 2.62. The van der Waals surface area contributed by atoms with E-state index in [2.05, 4.69) is 4.52 Å². The van der Waals surface area contributed by atoms with Crippen LogP contribution >= 0.6 is 31.0 Å². The van der Waals surface area contributed by atoms with Crippen LogP contribution in [0.4, 0.5) is 0 Å². The monoisotopic (exact) mass is 352 g/mol. The predicted octanol–water partition coefficient (Wildman–Crippen LogP) is 3.49. The molecule has 0 aliphatic heterocycles. The summed E-state index contributed by atoms with van der Waals surface area (Å²) in [5.41, 5.74) is 0.0566. The zero-order valence-corrected chi connectivity index (χ0v) is 13.2. The van der Waals surface area contributed by atoms with Crippen molar-refractivity contribution in [3.05, 3.63) is 39.2 Å². The fraction of sp³-hybridized carbons (Fsp3) is 0.250. The number of fused-ring (bicyclic) bond motifs is 1. The van der Waals surface area contributed by atoms with E-state index in [9.17, 15) is 14.3 Å². The Labute approximate surface area is 129 Å². The lowest BCUT2D eigenvalue weighted by atomic mass is 10.1. The second-order valence-electron chi connectivity index (χ2n) is 4.07. The Bertz CT molecular complexity index is 772. The van der Waals surface area contributed by atoms with Crippen LogP contribution in [-0.2, 0) is 9.09 Å². The predicted molar refractivity (Wildman–Crippen MR) is 79.4 cm³/mol. The van der Waals surface area contributed by atoms with Crippen molar-refractivity contribution in [2.45, 2.75) is 6.92 Å². The summed E-state index contributed by atoms with van der Waals surface area (Å²) in [5.74, 6) is 0.0749. The minimum atomic E-state index is -4.27. The quantitative estimate of drug-likeness (QED) is 0.503. The molecule has 0 amide bonds. The summed E-state index contributed by atoms with van der Waals surface area (Å²) in [6, 6.07) is 4.32. The molecule has 0 aliphatic rings. The second kappa shape index (κ2) is 6.38. The van der Waals surface area contributed by atoms with Crippen molar-refractivity contribution in [1.82, 2.24) is 0 Å². The normalized spacial score (nSPS) is 14.1. The molecule has 114 valence electrons. The molecule has 1 heterocycles. The number of halogens is 2. The Morgan fingerprint density at radius 1 is 1.43 bits per heavy atom. The van der Waals surface area contributed by atoms with Gasteiger partial charge in [0.25, 0.3) is 0 Å². The highest BCUT2D eigenvalue weighted by atomic mass is 35.5. The SMILES string of the molecule is Cc1c(Cl)c(=O)oc2cc(OP(=O)(O)OCCCl)ccc12. The van der Waals surface area contributed by atoms with E-state index in [4.69, 9.17) is 32.1 Å². The fourth-order valence-electron chi connectivity index (χ4n) is 1.68. The lowest BCUT2D eigenvalue weighted by molar-refractivity contribution is 0.214. The molecule has 0 fully saturated rings. The number of alkyl halides is 1. The standard InChI is InChI=1S/C12H11Cl2O6P/c1-7-9-3-2-8(20-21(16,17)18-5-4-13)6-10(9)19-12(15)11(7)14/h2-3,6H,4-5H2,1H3,(H,16,17). The Balaban J connectivity index is 2.38. The van der Waals surface area contributed by atoms with Crippen molar-refractivity contribution in [2.24, 2.45) is 0 Å². The van der Waals surface area contributed by atoms with Crippen molar-refractivity contribution < 1.29 is 22.9 Å². The maximum absolute atomic E-state index is 11.6. The van der Waals surface area contributed by atoms with Crippen LogP contribution in [0.25, 0.3) is 11.0 Å². The smallest absolute Gasteiger partial charge is 0.421 e. The van der Waals surface area contributed by atoms with E-state index in [-0.39, 0.29) is 28.8 Å². The first kappa shape index (κ1) is 16.3. The maximum Gasteiger partial charge on any atom is 0.527 e. The zero-order chi connectivity index (χ0) is 15.6. The largest absolute Gasteiger partial charge is 0.527 e. The van der Waals surface area contributed by atoms with Gasteiger partial charge in [-0.15, -0.1) is 11.6 Å². The maximum atomic E-state index is 11.6. The summed E-state index contributed by atoms with van der Waals surface area (Å²) in [6.45, 7) is 1.54. The first-order chi connectivity index (χ1) is 9.84. The summed E-state index contributed by atoms with van der Waals surface area (Å²) < 4.78 is 26.1. The minimum Gasteiger partial charge on any atom is -0.421 e. The highest BCUT2D eigenvalue weighted by Gasteiger charge is 2.23. The third kappa shape index (κ3) is 3.78. The van der Waals surface area contributed by atoms with E-state index >= 15 is 0 Å². The summed E-state index contributed by atoms with van der Waals surface area (Å²) in [4.78, 5) is 21.0. The second-order valence-corrected chi connectivity index (χ2v) is 6.20. The number of aryl methyl sites for hydroxylation is 1. The number of phosphoric ester groups is 1. The Hall–Kier alpha value is -1.04. The van der Waals surface area contributed by atoms with E-state index in [1.807, 2.05) is 0 Å². The van der Waals surface area contributed by atoms with E-state index in [0.29, 0.717) is 10.9 Å². The van der Waals surface area contributed by atoms with Crippen LogP contribution in [0, 0.1) is 6.92 Å². The molecule has 0 bridgehead atoms. The van der Waals surface area contributed by atoms with Gasteiger partial charge in [-0.2, -0.15) is 0 Å². The molecule has 1 aromatic carbocycles. The van der Waals surface area contributed by atoms with Crippen LogP contribution in [0.3, 0.4) is 0 Å². The number of benzene rings is 1. The first-order valence-electron chi connectivity index (χ1n) is 5.80. The lowest BCUT2D eigenvalue weighted by Crippen LogP contribution is -2.02. The molecule has 0 radical (unpaired) electrons. The van der Waals surface area contributed by atoms with Crippen LogP contribution in [0.15, 0.2) is 27.4 Å². The molecule has 1 unspecified atom stereocenters. The molecule has 9 heteroatoms. The van der Waals surface area contributed by atoms with Crippen LogP contribution in [0.2, 0.25) is 5.02 Å². The Morgan fingerprint density at radius 2 is 2.14 bits per heavy atom. The number of hydrogen-bond acceptors (Lipinski definition) is 5. The van der Waals surface area contributed by atoms with Crippen LogP contribution in [0.5, 0.6) is 5.75 Å². The lowest BCUT2D eigenvalue weighted by Gasteiger charge is -2.12. The van der Waals surface area contributed by atoms with Gasteiger partial charge >= 0.3 is 13.4 Å². The third-order valence-corrected chi connectivity index (χ3v) is 4.16. The van der Waals surface area contributed by atoms with Crippen molar-refractivity contribution in [2.75, 3.05) is 12.5 Å². The first-order valence-corrected chi connectivity index (χ1v) is 8.21. The van der Waals surface area contributed by atoms with E-state index in [1.165, 1.54) is 12.1 Å². The van der Waals surface area contributed by atoms with Crippen molar-refractivity contribution in [3.63, 3.8) is 0 Å². The highest BCUT2D eigenvalue weighted by Crippen LogP contribution is 2.44. The number of hydrogen-bond donors (Lipinski definition) is 1. The molecule has 1 aromatic heterocycles. The molecule has 21 heavy (non-hydrogen) atoms. The molecule has 1 atom stereocenters. The molecular formula is C12H11Cl2O6P. The Morgan fingerprint density at radius 3 is 2.81 bits per heavy atom. The van der Waals surface area contributed by atoms with Gasteiger partial charge < -0.3 is 8.94 Å². The van der Waals surface area contributed by atoms with Gasteiger partial charge in [-0.1, -0.05) is 11.6 Å². The molecule has 2 rings (SSSR count). The summed E-state index contributed by atoms with van der Waals surface area (Å²) in [5, 5.41) is 0.593. The van der Waals surface area contributed by atoms with Gasteiger partial charge in [0.15, 0.2) is 0 Å². The van der Waals surface area contributed by atoms with Gasteiger partial charge in [0.1, 0.15) is 16.4 Å². The average molecular weight is 353 g/mol. The van der Waals surface area contributed by atoms with Crippen LogP contribution in [-0.4, -0.2) is 17.4 Å². The molecule has 0 spiro atoms. The molecule has 0 saturated carbocycles. The van der Waals surface area contributed by atoms with E-state index in [1.54, 1.807) is 13.0 Å². The molecular weight excluding hydrogens is 342 g/mol. The Kier molecular flexibility index (Phi) is 4.96. The van der Waals surface area contributed by atoms with Gasteiger partial charge in [0.05, 0.1) is 6.61 Å². The van der Waals surface area contributed by atoms with Gasteiger partial charge in [0, 0.05) is 17.3 Å². The molecule has 1 N–H and O–H groups in total. The van der Waals surface area contributed by atoms with Gasteiger partial charge in [-0.3, -0.25) is 9.42 Å². The van der Waals surface area contributed by atoms with E-state index < -0.39 is 13.4 Å². The summed E-state index contributed by atoms with van der Waals surface area (Å²) in [6.07, 6.45) is 0.